The van der Waals surface area contributed by atoms with Gasteiger partial charge in [-0.2, -0.15) is 0 Å². The van der Waals surface area contributed by atoms with Gasteiger partial charge in [0.1, 0.15) is 11.9 Å². The lowest BCUT2D eigenvalue weighted by molar-refractivity contribution is -0.156. The van der Waals surface area contributed by atoms with Crippen molar-refractivity contribution in [2.24, 2.45) is 28.6 Å². The predicted octanol–water partition coefficient (Wildman–Crippen LogP) is 4.89. The maximum absolute atomic E-state index is 12.5. The molecule has 4 saturated carbocycles. The summed E-state index contributed by atoms with van der Waals surface area (Å²) < 4.78 is 5.52. The van der Waals surface area contributed by atoms with E-state index in [1.807, 2.05) is 0 Å². The van der Waals surface area contributed by atoms with Crippen molar-refractivity contribution < 1.29 is 14.3 Å². The molecule has 4 fully saturated rings. The summed E-state index contributed by atoms with van der Waals surface area (Å²) in [5, 5.41) is 0. The van der Waals surface area contributed by atoms with Gasteiger partial charge in [0, 0.05) is 25.2 Å². The summed E-state index contributed by atoms with van der Waals surface area (Å²) in [6.07, 6.45) is 8.87. The lowest BCUT2D eigenvalue weighted by Gasteiger charge is -2.63. The van der Waals surface area contributed by atoms with E-state index in [2.05, 4.69) is 13.8 Å². The second kappa shape index (κ2) is 5.71. The molecule has 0 N–H and O–H groups in total. The Morgan fingerprint density at radius 3 is 2.56 bits per heavy atom. The molecule has 0 spiro atoms. The Morgan fingerprint density at radius 1 is 1.08 bits per heavy atom. The van der Waals surface area contributed by atoms with Crippen LogP contribution in [0.25, 0.3) is 0 Å². The molecule has 0 unspecified atom stereocenters. The van der Waals surface area contributed by atoms with Gasteiger partial charge in [-0.25, -0.2) is 0 Å². The first-order chi connectivity index (χ1) is 11.7. The van der Waals surface area contributed by atoms with Gasteiger partial charge in [0.15, 0.2) is 0 Å². The minimum atomic E-state index is -0.261. The third kappa shape index (κ3) is 2.44. The monoisotopic (exact) mass is 366 g/mol. The Labute approximate surface area is 156 Å². The number of carbonyl (C=O) groups is 2. The standard InChI is InChI=1S/C21H31ClO3/c1-13(23)25-14-6-10-20(3)17-8-9-19(2)16(4-5-18(19)24)15(17)7-11-21(20,22)12-14/h14-17H,4-12H2,1-3H3/t14-,15-,16-,17-,19-,20+,21+/m0/s1. The molecule has 140 valence electrons. The van der Waals surface area contributed by atoms with E-state index >= 15 is 0 Å². The van der Waals surface area contributed by atoms with Gasteiger partial charge in [0.2, 0.25) is 0 Å². The van der Waals surface area contributed by atoms with Crippen LogP contribution in [0.4, 0.5) is 0 Å². The number of fused-ring (bicyclic) bond motifs is 5. The molecule has 0 saturated heterocycles. The molecule has 4 rings (SSSR count). The molecule has 0 heterocycles. The molecule has 3 nitrogen and oxygen atoms in total. The molecule has 0 aliphatic heterocycles. The van der Waals surface area contributed by atoms with E-state index in [4.69, 9.17) is 16.3 Å². The maximum atomic E-state index is 12.5. The number of halogens is 1. The van der Waals surface area contributed by atoms with E-state index in [0.29, 0.717) is 23.5 Å². The number of hydrogen-bond acceptors (Lipinski definition) is 3. The molecule has 0 aromatic heterocycles. The summed E-state index contributed by atoms with van der Waals surface area (Å²) in [6, 6.07) is 0. The van der Waals surface area contributed by atoms with Crippen molar-refractivity contribution >= 4 is 23.4 Å². The summed E-state index contributed by atoms with van der Waals surface area (Å²) in [5.74, 6) is 2.12. The van der Waals surface area contributed by atoms with Gasteiger partial charge in [0.25, 0.3) is 0 Å². The second-order valence-corrected chi connectivity index (χ2v) is 10.4. The van der Waals surface area contributed by atoms with Crippen molar-refractivity contribution in [2.75, 3.05) is 0 Å². The van der Waals surface area contributed by atoms with E-state index in [0.717, 1.165) is 57.8 Å². The molecule has 0 radical (unpaired) electrons. The van der Waals surface area contributed by atoms with E-state index < -0.39 is 0 Å². The fraction of sp³-hybridized carbons (Fsp3) is 0.905. The zero-order valence-electron chi connectivity index (χ0n) is 15.8. The molecule has 0 aromatic rings. The highest BCUT2D eigenvalue weighted by atomic mass is 35.5. The van der Waals surface area contributed by atoms with Crippen LogP contribution < -0.4 is 0 Å². The SMILES string of the molecule is CC(=O)O[C@H]1CC[C@]2(C)[C@H]3CC[C@]4(C)C(=O)CC[C@H]4[C@@H]3CC[C@@]2(Cl)C1. The van der Waals surface area contributed by atoms with E-state index in [1.54, 1.807) is 0 Å². The van der Waals surface area contributed by atoms with Gasteiger partial charge >= 0.3 is 5.97 Å². The average molecular weight is 367 g/mol. The highest BCUT2D eigenvalue weighted by Crippen LogP contribution is 2.68. The largest absolute Gasteiger partial charge is 0.462 e. The third-order valence-corrected chi connectivity index (χ3v) is 9.51. The van der Waals surface area contributed by atoms with Crippen molar-refractivity contribution in [3.63, 3.8) is 0 Å². The zero-order valence-corrected chi connectivity index (χ0v) is 16.5. The number of ketones is 1. The minimum Gasteiger partial charge on any atom is -0.462 e. The highest BCUT2D eigenvalue weighted by molar-refractivity contribution is 6.24. The first kappa shape index (κ1) is 17.8. The molecular formula is C21H31ClO3. The summed E-state index contributed by atoms with van der Waals surface area (Å²) >= 11 is 7.26. The highest BCUT2D eigenvalue weighted by Gasteiger charge is 2.64. The lowest BCUT2D eigenvalue weighted by Crippen LogP contribution is -2.60. The molecule has 4 aliphatic carbocycles. The topological polar surface area (TPSA) is 43.4 Å². The average Bonchev–Trinajstić information content (AvgIpc) is 2.84. The maximum Gasteiger partial charge on any atom is 0.302 e. The normalized spacial score (nSPS) is 52.1. The molecular weight excluding hydrogens is 336 g/mol. The van der Waals surface area contributed by atoms with Crippen LogP contribution in [0.5, 0.6) is 0 Å². The molecule has 0 aromatic carbocycles. The quantitative estimate of drug-likeness (QED) is 0.490. The van der Waals surface area contributed by atoms with Crippen molar-refractivity contribution in [3.8, 4) is 0 Å². The summed E-state index contributed by atoms with van der Waals surface area (Å²) in [7, 11) is 0. The van der Waals surface area contributed by atoms with Crippen LogP contribution in [0.2, 0.25) is 0 Å². The molecule has 25 heavy (non-hydrogen) atoms. The van der Waals surface area contributed by atoms with Gasteiger partial charge in [-0.3, -0.25) is 9.59 Å². The molecule has 4 heteroatoms. The number of hydrogen-bond donors (Lipinski definition) is 0. The van der Waals surface area contributed by atoms with Gasteiger partial charge in [-0.15, -0.1) is 11.6 Å². The van der Waals surface area contributed by atoms with Crippen LogP contribution >= 0.6 is 11.6 Å². The summed E-state index contributed by atoms with van der Waals surface area (Å²) in [5.41, 5.74) is 0.0277. The summed E-state index contributed by atoms with van der Waals surface area (Å²) in [4.78, 5) is 23.6. The number of carbonyl (C=O) groups excluding carboxylic acids is 2. The molecule has 0 amide bonds. The van der Waals surface area contributed by atoms with Crippen LogP contribution in [-0.4, -0.2) is 22.7 Å². The van der Waals surface area contributed by atoms with Crippen LogP contribution in [0.1, 0.15) is 78.6 Å². The second-order valence-electron chi connectivity index (χ2n) is 9.69. The number of ether oxygens (including phenoxy) is 1. The lowest BCUT2D eigenvalue weighted by atomic mass is 9.45. The van der Waals surface area contributed by atoms with Crippen LogP contribution in [0, 0.1) is 28.6 Å². The summed E-state index contributed by atoms with van der Waals surface area (Å²) in [6.45, 7) is 6.11. The fourth-order valence-electron chi connectivity index (χ4n) is 7.27. The van der Waals surface area contributed by atoms with Crippen molar-refractivity contribution in [1.29, 1.82) is 0 Å². The Balaban J connectivity index is 1.60. The van der Waals surface area contributed by atoms with E-state index in [9.17, 15) is 9.59 Å². The van der Waals surface area contributed by atoms with Crippen LogP contribution in [0.3, 0.4) is 0 Å². The Morgan fingerprint density at radius 2 is 1.84 bits per heavy atom. The number of alkyl halides is 1. The minimum absolute atomic E-state index is 0.0264. The van der Waals surface area contributed by atoms with Crippen molar-refractivity contribution in [2.45, 2.75) is 89.5 Å². The number of esters is 1. The van der Waals surface area contributed by atoms with Gasteiger partial charge in [0.05, 0.1) is 4.87 Å². The first-order valence-electron chi connectivity index (χ1n) is 10.1. The Hall–Kier alpha value is -0.570. The third-order valence-electron chi connectivity index (χ3n) is 8.73. The Bertz CT molecular complexity index is 604. The molecule has 7 atom stereocenters. The van der Waals surface area contributed by atoms with Crippen molar-refractivity contribution in [1.82, 2.24) is 0 Å². The predicted molar refractivity (Wildman–Crippen MR) is 97.4 cm³/mol. The van der Waals surface area contributed by atoms with E-state index in [1.165, 1.54) is 6.92 Å². The van der Waals surface area contributed by atoms with Crippen molar-refractivity contribution in [3.05, 3.63) is 0 Å². The van der Waals surface area contributed by atoms with Gasteiger partial charge in [-0.1, -0.05) is 13.8 Å². The van der Waals surface area contributed by atoms with Crippen LogP contribution in [-0.2, 0) is 14.3 Å². The van der Waals surface area contributed by atoms with Gasteiger partial charge in [-0.05, 0) is 68.1 Å². The van der Waals surface area contributed by atoms with E-state index in [-0.39, 0.29) is 27.8 Å². The first-order valence-corrected chi connectivity index (χ1v) is 10.5. The fourth-order valence-corrected chi connectivity index (χ4v) is 7.78. The Kier molecular flexibility index (Phi) is 4.07. The molecule has 4 aliphatic rings. The van der Waals surface area contributed by atoms with Gasteiger partial charge < -0.3 is 4.74 Å². The number of rotatable bonds is 1. The number of Topliss-reactive ketones (excluding diaryl/α,β-unsaturated/α-hetero) is 1. The molecule has 0 bridgehead atoms. The zero-order chi connectivity index (χ0) is 18.0. The van der Waals surface area contributed by atoms with Crippen LogP contribution in [0.15, 0.2) is 0 Å². The smallest absolute Gasteiger partial charge is 0.302 e.